The van der Waals surface area contributed by atoms with Gasteiger partial charge in [0.2, 0.25) is 0 Å². The summed E-state index contributed by atoms with van der Waals surface area (Å²) in [5.74, 6) is 1.94. The second-order valence-corrected chi connectivity index (χ2v) is 7.88. The van der Waals surface area contributed by atoms with E-state index in [-0.39, 0.29) is 16.7 Å². The number of aromatic hydroxyl groups is 1. The van der Waals surface area contributed by atoms with Crippen molar-refractivity contribution in [2.75, 3.05) is 20.8 Å². The molecule has 0 bridgehead atoms. The van der Waals surface area contributed by atoms with E-state index in [1.807, 2.05) is 20.8 Å². The van der Waals surface area contributed by atoms with Crippen molar-refractivity contribution in [2.45, 2.75) is 45.7 Å². The summed E-state index contributed by atoms with van der Waals surface area (Å²) in [4.78, 5) is 22.4. The number of benzene rings is 1. The normalized spacial score (nSPS) is 14.7. The highest BCUT2D eigenvalue weighted by Gasteiger charge is 2.26. The molecule has 1 aliphatic rings. The summed E-state index contributed by atoms with van der Waals surface area (Å²) in [6.07, 6.45) is 0.713. The van der Waals surface area contributed by atoms with E-state index >= 15 is 0 Å². The summed E-state index contributed by atoms with van der Waals surface area (Å²) in [5, 5.41) is 9.82. The van der Waals surface area contributed by atoms with E-state index in [9.17, 15) is 9.90 Å². The van der Waals surface area contributed by atoms with Gasteiger partial charge in [0.15, 0.2) is 0 Å². The van der Waals surface area contributed by atoms with Crippen LogP contribution < -0.4 is 15.0 Å². The van der Waals surface area contributed by atoms with E-state index < -0.39 is 0 Å². The maximum absolute atomic E-state index is 12.6. The number of nitrogens with zero attached hydrogens (tertiary/aromatic N) is 2. The lowest BCUT2D eigenvalue weighted by atomic mass is 9.95. The number of hydrogen-bond acceptors (Lipinski definition) is 6. The first-order valence-corrected chi connectivity index (χ1v) is 9.01. The number of rotatable bonds is 4. The number of phenolic OH excluding ortho intramolecular Hbond substituents is 1. The van der Waals surface area contributed by atoms with Gasteiger partial charge in [-0.05, 0) is 0 Å². The van der Waals surface area contributed by atoms with Gasteiger partial charge in [0.25, 0.3) is 5.56 Å². The molecule has 0 saturated carbocycles. The lowest BCUT2D eigenvalue weighted by Crippen LogP contribution is -2.37. The maximum Gasteiger partial charge on any atom is 0.255 e. The molecule has 7 heteroatoms. The molecular weight excluding hydrogens is 346 g/mol. The maximum atomic E-state index is 12.6. The molecule has 27 heavy (non-hydrogen) atoms. The van der Waals surface area contributed by atoms with Crippen LogP contribution in [0.1, 0.15) is 43.4 Å². The Morgan fingerprint density at radius 1 is 1.22 bits per heavy atom. The Morgan fingerprint density at radius 2 is 1.85 bits per heavy atom. The van der Waals surface area contributed by atoms with Crippen molar-refractivity contribution >= 4 is 0 Å². The molecule has 0 saturated heterocycles. The highest BCUT2D eigenvalue weighted by molar-refractivity contribution is 5.50. The van der Waals surface area contributed by atoms with Crippen LogP contribution in [0.25, 0.3) is 0 Å². The largest absolute Gasteiger partial charge is 0.508 e. The number of phenols is 1. The summed E-state index contributed by atoms with van der Waals surface area (Å²) < 4.78 is 10.8. The van der Waals surface area contributed by atoms with Crippen LogP contribution in [-0.2, 0) is 24.9 Å². The number of aromatic nitrogens is 2. The first-order valence-electron chi connectivity index (χ1n) is 9.01. The number of hydrogen-bond donors (Lipinski definition) is 2. The summed E-state index contributed by atoms with van der Waals surface area (Å²) >= 11 is 0. The van der Waals surface area contributed by atoms with Crippen LogP contribution in [0.15, 0.2) is 16.9 Å². The van der Waals surface area contributed by atoms with Crippen LogP contribution in [0.5, 0.6) is 17.2 Å². The van der Waals surface area contributed by atoms with Gasteiger partial charge in [-0.15, -0.1) is 0 Å². The smallest absolute Gasteiger partial charge is 0.255 e. The highest BCUT2D eigenvalue weighted by atomic mass is 16.5. The second-order valence-electron chi connectivity index (χ2n) is 7.88. The van der Waals surface area contributed by atoms with E-state index in [2.05, 4.69) is 9.88 Å². The molecule has 0 fully saturated rings. The van der Waals surface area contributed by atoms with E-state index in [1.54, 1.807) is 26.4 Å². The third-order valence-corrected chi connectivity index (χ3v) is 4.83. The van der Waals surface area contributed by atoms with Gasteiger partial charge in [-0.2, -0.15) is 0 Å². The number of fused-ring (bicyclic) bond motifs is 1. The predicted molar refractivity (Wildman–Crippen MR) is 103 cm³/mol. The molecule has 146 valence electrons. The molecule has 1 aliphatic heterocycles. The van der Waals surface area contributed by atoms with Crippen LogP contribution in [0.4, 0.5) is 0 Å². The molecule has 1 aromatic carbocycles. The molecule has 0 spiro atoms. The van der Waals surface area contributed by atoms with E-state index in [0.717, 1.165) is 23.6 Å². The third-order valence-electron chi connectivity index (χ3n) is 4.83. The molecule has 0 amide bonds. The molecule has 0 radical (unpaired) electrons. The number of aromatic amines is 1. The van der Waals surface area contributed by atoms with Gasteiger partial charge < -0.3 is 19.6 Å². The molecule has 7 nitrogen and oxygen atoms in total. The molecule has 0 unspecified atom stereocenters. The van der Waals surface area contributed by atoms with Crippen LogP contribution in [0.3, 0.4) is 0 Å². The number of H-pyrrole nitrogens is 1. The van der Waals surface area contributed by atoms with Crippen molar-refractivity contribution < 1.29 is 14.6 Å². The fourth-order valence-corrected chi connectivity index (χ4v) is 3.32. The Kier molecular flexibility index (Phi) is 5.15. The van der Waals surface area contributed by atoms with E-state index in [1.165, 1.54) is 0 Å². The first kappa shape index (κ1) is 19.2. The second kappa shape index (κ2) is 7.23. The lowest BCUT2D eigenvalue weighted by Gasteiger charge is -2.29. The Morgan fingerprint density at radius 3 is 2.41 bits per heavy atom. The van der Waals surface area contributed by atoms with E-state index in [4.69, 9.17) is 14.5 Å². The number of methoxy groups -OCH3 is 2. The van der Waals surface area contributed by atoms with Crippen LogP contribution in [0.2, 0.25) is 0 Å². The zero-order valence-corrected chi connectivity index (χ0v) is 16.5. The average molecular weight is 373 g/mol. The van der Waals surface area contributed by atoms with Gasteiger partial charge in [-0.3, -0.25) is 9.69 Å². The lowest BCUT2D eigenvalue weighted by molar-refractivity contribution is 0.233. The van der Waals surface area contributed by atoms with Crippen molar-refractivity contribution in [2.24, 2.45) is 0 Å². The third kappa shape index (κ3) is 3.93. The van der Waals surface area contributed by atoms with Gasteiger partial charge in [-0.1, -0.05) is 20.8 Å². The molecule has 2 heterocycles. The molecular formula is C20H27N3O4. The molecule has 0 aliphatic carbocycles. The Labute approximate surface area is 159 Å². The zero-order chi connectivity index (χ0) is 19.8. The van der Waals surface area contributed by atoms with Crippen molar-refractivity contribution in [1.29, 1.82) is 0 Å². The molecule has 2 N–H and O–H groups in total. The van der Waals surface area contributed by atoms with Crippen molar-refractivity contribution in [1.82, 2.24) is 14.9 Å². The Bertz CT molecular complexity index is 874. The molecule has 0 atom stereocenters. The minimum absolute atomic E-state index is 0.0701. The quantitative estimate of drug-likeness (QED) is 0.855. The van der Waals surface area contributed by atoms with Crippen molar-refractivity contribution in [3.63, 3.8) is 0 Å². The van der Waals surface area contributed by atoms with Gasteiger partial charge >= 0.3 is 0 Å². The fraction of sp³-hybridized carbons (Fsp3) is 0.500. The van der Waals surface area contributed by atoms with Gasteiger partial charge in [-0.25, -0.2) is 4.98 Å². The minimum atomic E-state index is -0.196. The van der Waals surface area contributed by atoms with Gasteiger partial charge in [0, 0.05) is 43.6 Å². The van der Waals surface area contributed by atoms with Crippen LogP contribution in [-0.4, -0.2) is 40.7 Å². The topological polar surface area (TPSA) is 87.7 Å². The first-order chi connectivity index (χ1) is 12.7. The minimum Gasteiger partial charge on any atom is -0.508 e. The SMILES string of the molecule is COc1cc(O)cc(OC)c1CN1CCc2nc(C(C)(C)C)[nH]c(=O)c2C1. The molecule has 2 aromatic rings. The highest BCUT2D eigenvalue weighted by Crippen LogP contribution is 2.35. The monoisotopic (exact) mass is 373 g/mol. The fourth-order valence-electron chi connectivity index (χ4n) is 3.32. The number of nitrogens with one attached hydrogen (secondary N) is 1. The standard InChI is InChI=1S/C20H27N3O4/c1-20(2,3)19-21-15-6-7-23(10-13(15)18(25)22-19)11-14-16(26-4)8-12(24)9-17(14)27-5/h8-9,24H,6-7,10-11H2,1-5H3,(H,21,22,25). The van der Waals surface area contributed by atoms with Gasteiger partial charge in [0.05, 0.1) is 31.0 Å². The number of ether oxygens (including phenoxy) is 2. The molecule has 3 rings (SSSR count). The summed E-state index contributed by atoms with van der Waals surface area (Å²) in [6.45, 7) is 7.95. The van der Waals surface area contributed by atoms with Gasteiger partial charge in [0.1, 0.15) is 23.1 Å². The molecule has 1 aromatic heterocycles. The van der Waals surface area contributed by atoms with Crippen LogP contribution >= 0.6 is 0 Å². The van der Waals surface area contributed by atoms with E-state index in [0.29, 0.717) is 36.6 Å². The van der Waals surface area contributed by atoms with Crippen molar-refractivity contribution in [3.05, 3.63) is 45.1 Å². The zero-order valence-electron chi connectivity index (χ0n) is 16.5. The average Bonchev–Trinajstić information content (AvgIpc) is 2.62. The summed E-state index contributed by atoms with van der Waals surface area (Å²) in [7, 11) is 3.12. The summed E-state index contributed by atoms with van der Waals surface area (Å²) in [5.41, 5.74) is 2.17. The van der Waals surface area contributed by atoms with Crippen molar-refractivity contribution in [3.8, 4) is 17.2 Å². The Balaban J connectivity index is 1.89. The predicted octanol–water partition coefficient (Wildman–Crippen LogP) is 2.35. The Hall–Kier alpha value is -2.54. The summed E-state index contributed by atoms with van der Waals surface area (Å²) in [6, 6.07) is 3.14. The van der Waals surface area contributed by atoms with Crippen LogP contribution in [0, 0.1) is 0 Å².